The number of thioether (sulfide) groups is 1. The van der Waals surface area contributed by atoms with Crippen molar-refractivity contribution >= 4 is 34.1 Å². The lowest BCUT2D eigenvalue weighted by molar-refractivity contribution is -0.119. The molecule has 1 unspecified atom stereocenters. The summed E-state index contributed by atoms with van der Waals surface area (Å²) in [5.41, 5.74) is 1.10. The second-order valence-electron chi connectivity index (χ2n) is 5.16. The van der Waals surface area contributed by atoms with Gasteiger partial charge in [-0.15, -0.1) is 10.2 Å². The van der Waals surface area contributed by atoms with E-state index in [1.54, 1.807) is 0 Å². The van der Waals surface area contributed by atoms with Crippen LogP contribution >= 0.6 is 23.1 Å². The third-order valence-corrected chi connectivity index (χ3v) is 4.81. The number of carbonyl (C=O) groups is 1. The Morgan fingerprint density at radius 2 is 1.95 bits per heavy atom. The Kier molecular flexibility index (Phi) is 6.21. The highest BCUT2D eigenvalue weighted by atomic mass is 32.2. The Labute approximate surface area is 138 Å². The molecule has 0 radical (unpaired) electrons. The number of benzene rings is 1. The number of nitrogens with zero attached hydrogens (tertiary/aromatic N) is 2. The number of rotatable bonds is 7. The number of hydrogen-bond acceptors (Lipinski definition) is 6. The molecule has 7 heteroatoms. The topological polar surface area (TPSA) is 66.9 Å². The molecule has 0 saturated carbocycles. The van der Waals surface area contributed by atoms with Crippen molar-refractivity contribution in [1.29, 1.82) is 0 Å². The molecule has 2 aromatic rings. The Hall–Kier alpha value is -1.60. The molecular weight excluding hydrogens is 316 g/mol. The SMILES string of the molecule is CC(C)Nc1nnc(SCC(=O)NC(C)c2ccccc2)s1. The monoisotopic (exact) mass is 336 g/mol. The second kappa shape index (κ2) is 8.14. The van der Waals surface area contributed by atoms with Crippen LogP contribution in [0.1, 0.15) is 32.4 Å². The first-order chi connectivity index (χ1) is 10.5. The van der Waals surface area contributed by atoms with E-state index >= 15 is 0 Å². The molecule has 1 atom stereocenters. The number of aromatic nitrogens is 2. The van der Waals surface area contributed by atoms with Gasteiger partial charge in [0.2, 0.25) is 11.0 Å². The third kappa shape index (κ3) is 5.31. The number of anilines is 1. The highest BCUT2D eigenvalue weighted by Gasteiger charge is 2.11. The summed E-state index contributed by atoms with van der Waals surface area (Å²) in [7, 11) is 0. The summed E-state index contributed by atoms with van der Waals surface area (Å²) in [4.78, 5) is 12.0. The molecule has 0 aliphatic rings. The summed E-state index contributed by atoms with van der Waals surface area (Å²) in [5.74, 6) is 0.336. The zero-order valence-corrected chi connectivity index (χ0v) is 14.5. The van der Waals surface area contributed by atoms with Crippen molar-refractivity contribution in [2.75, 3.05) is 11.1 Å². The summed E-state index contributed by atoms with van der Waals surface area (Å²) >= 11 is 2.87. The molecule has 1 aromatic heterocycles. The van der Waals surface area contributed by atoms with E-state index in [0.717, 1.165) is 15.0 Å². The average Bonchev–Trinajstić information content (AvgIpc) is 2.93. The van der Waals surface area contributed by atoms with Crippen LogP contribution in [0, 0.1) is 0 Å². The number of carbonyl (C=O) groups excluding carboxylic acids is 1. The van der Waals surface area contributed by atoms with Gasteiger partial charge >= 0.3 is 0 Å². The van der Waals surface area contributed by atoms with Crippen LogP contribution in [-0.2, 0) is 4.79 Å². The van der Waals surface area contributed by atoms with Crippen LogP contribution in [0.25, 0.3) is 0 Å². The second-order valence-corrected chi connectivity index (χ2v) is 7.36. The van der Waals surface area contributed by atoms with Crippen LogP contribution < -0.4 is 10.6 Å². The van der Waals surface area contributed by atoms with Gasteiger partial charge in [-0.25, -0.2) is 0 Å². The highest BCUT2D eigenvalue weighted by Crippen LogP contribution is 2.25. The van der Waals surface area contributed by atoms with Gasteiger partial charge in [-0.3, -0.25) is 4.79 Å². The first-order valence-corrected chi connectivity index (χ1v) is 8.92. The van der Waals surface area contributed by atoms with Crippen molar-refractivity contribution in [3.05, 3.63) is 35.9 Å². The number of amides is 1. The van der Waals surface area contributed by atoms with Crippen molar-refractivity contribution < 1.29 is 4.79 Å². The van der Waals surface area contributed by atoms with Gasteiger partial charge in [0.25, 0.3) is 0 Å². The molecular formula is C15H20N4OS2. The minimum Gasteiger partial charge on any atom is -0.358 e. The maximum absolute atomic E-state index is 12.0. The number of nitrogens with one attached hydrogen (secondary N) is 2. The minimum absolute atomic E-state index is 0.00175. The first-order valence-electron chi connectivity index (χ1n) is 7.11. The summed E-state index contributed by atoms with van der Waals surface area (Å²) in [6, 6.07) is 10.2. The van der Waals surface area contributed by atoms with E-state index < -0.39 is 0 Å². The normalized spacial score (nSPS) is 12.2. The molecule has 2 N–H and O–H groups in total. The van der Waals surface area contributed by atoms with E-state index in [-0.39, 0.29) is 11.9 Å². The fourth-order valence-electron chi connectivity index (χ4n) is 1.81. The molecule has 0 fully saturated rings. The van der Waals surface area contributed by atoms with Crippen LogP contribution in [0.3, 0.4) is 0 Å². The van der Waals surface area contributed by atoms with Gasteiger partial charge in [0.1, 0.15) is 0 Å². The van der Waals surface area contributed by atoms with Gasteiger partial charge in [0.15, 0.2) is 4.34 Å². The van der Waals surface area contributed by atoms with E-state index in [0.29, 0.717) is 11.8 Å². The predicted octanol–water partition coefficient (Wildman–Crippen LogP) is 3.33. The maximum Gasteiger partial charge on any atom is 0.230 e. The Morgan fingerprint density at radius 3 is 2.64 bits per heavy atom. The Bertz CT molecular complexity index is 601. The van der Waals surface area contributed by atoms with Gasteiger partial charge < -0.3 is 10.6 Å². The van der Waals surface area contributed by atoms with Crippen molar-refractivity contribution in [1.82, 2.24) is 15.5 Å². The van der Waals surface area contributed by atoms with Crippen molar-refractivity contribution in [2.45, 2.75) is 37.2 Å². The van der Waals surface area contributed by atoms with Gasteiger partial charge in [0.05, 0.1) is 11.8 Å². The van der Waals surface area contributed by atoms with Gasteiger partial charge in [0, 0.05) is 6.04 Å². The minimum atomic E-state index is -0.00470. The van der Waals surface area contributed by atoms with Crippen molar-refractivity contribution in [2.24, 2.45) is 0 Å². The molecule has 22 heavy (non-hydrogen) atoms. The van der Waals surface area contributed by atoms with Crippen LogP contribution in [-0.4, -0.2) is 27.9 Å². The zero-order valence-electron chi connectivity index (χ0n) is 12.9. The molecule has 1 amide bonds. The molecule has 2 rings (SSSR count). The van der Waals surface area contributed by atoms with Crippen molar-refractivity contribution in [3.8, 4) is 0 Å². The van der Waals surface area contributed by atoms with Gasteiger partial charge in [-0.2, -0.15) is 0 Å². The van der Waals surface area contributed by atoms with E-state index in [9.17, 15) is 4.79 Å². The van der Waals surface area contributed by atoms with Crippen LogP contribution in [0.15, 0.2) is 34.7 Å². The van der Waals surface area contributed by atoms with E-state index in [1.807, 2.05) is 51.1 Å². The van der Waals surface area contributed by atoms with Gasteiger partial charge in [-0.1, -0.05) is 53.4 Å². The summed E-state index contributed by atoms with van der Waals surface area (Å²) in [6.07, 6.45) is 0. The molecule has 5 nitrogen and oxygen atoms in total. The Morgan fingerprint density at radius 1 is 1.23 bits per heavy atom. The quantitative estimate of drug-likeness (QED) is 0.759. The fraction of sp³-hybridized carbons (Fsp3) is 0.400. The molecule has 1 aromatic carbocycles. The predicted molar refractivity (Wildman–Crippen MR) is 92.4 cm³/mol. The van der Waals surface area contributed by atoms with Crippen molar-refractivity contribution in [3.63, 3.8) is 0 Å². The van der Waals surface area contributed by atoms with E-state index in [2.05, 4.69) is 20.8 Å². The lowest BCUT2D eigenvalue weighted by Crippen LogP contribution is -2.28. The zero-order chi connectivity index (χ0) is 15.9. The molecule has 0 spiro atoms. The highest BCUT2D eigenvalue weighted by molar-refractivity contribution is 8.01. The molecule has 1 heterocycles. The molecule has 0 aliphatic heterocycles. The summed E-state index contributed by atoms with van der Waals surface area (Å²) < 4.78 is 0.797. The summed E-state index contributed by atoms with van der Waals surface area (Å²) in [6.45, 7) is 6.08. The van der Waals surface area contributed by atoms with Gasteiger partial charge in [-0.05, 0) is 26.3 Å². The lowest BCUT2D eigenvalue weighted by Gasteiger charge is -2.13. The van der Waals surface area contributed by atoms with Crippen LogP contribution in [0.5, 0.6) is 0 Å². The lowest BCUT2D eigenvalue weighted by atomic mass is 10.1. The maximum atomic E-state index is 12.0. The van der Waals surface area contributed by atoms with E-state index in [1.165, 1.54) is 23.1 Å². The standard InChI is InChI=1S/C15H20N4OS2/c1-10(2)16-14-18-19-15(22-14)21-9-13(20)17-11(3)12-7-5-4-6-8-12/h4-8,10-11H,9H2,1-3H3,(H,16,18)(H,17,20). The molecule has 118 valence electrons. The number of hydrogen-bond donors (Lipinski definition) is 2. The largest absolute Gasteiger partial charge is 0.358 e. The van der Waals surface area contributed by atoms with Crippen LogP contribution in [0.4, 0.5) is 5.13 Å². The van der Waals surface area contributed by atoms with E-state index in [4.69, 9.17) is 0 Å². The fourth-order valence-corrected chi connectivity index (χ4v) is 3.52. The van der Waals surface area contributed by atoms with Crippen LogP contribution in [0.2, 0.25) is 0 Å². The summed E-state index contributed by atoms with van der Waals surface area (Å²) in [5, 5.41) is 15.1. The average molecular weight is 336 g/mol. The third-order valence-electron chi connectivity index (χ3n) is 2.82. The Balaban J connectivity index is 1.79. The molecule has 0 saturated heterocycles. The molecule has 0 bridgehead atoms. The smallest absolute Gasteiger partial charge is 0.230 e. The first kappa shape index (κ1) is 16.8. The molecule has 0 aliphatic carbocycles.